The fourth-order valence-electron chi connectivity index (χ4n) is 3.43. The molecule has 0 N–H and O–H groups in total. The SMILES string of the molecule is C/N=C\C(=C(\OC(C)OC(=O)CC(C)C)c1c(Cl)c(C)nn1C)c1ccc(C(C)(C)C)cc1. The molecule has 2 aromatic rings. The van der Waals surface area contributed by atoms with Crippen molar-refractivity contribution in [2.45, 2.75) is 66.6 Å². The quantitative estimate of drug-likeness (QED) is 0.198. The normalized spacial score (nSPS) is 13.9. The summed E-state index contributed by atoms with van der Waals surface area (Å²) in [5.41, 5.74) is 4.13. The molecule has 1 aromatic carbocycles. The van der Waals surface area contributed by atoms with Gasteiger partial charge in [-0.15, -0.1) is 0 Å². The van der Waals surface area contributed by atoms with Crippen LogP contribution < -0.4 is 0 Å². The van der Waals surface area contributed by atoms with E-state index in [1.165, 1.54) is 5.56 Å². The number of aryl methyl sites for hydroxylation is 2. The fraction of sp³-hybridized carbons (Fsp3) is 0.500. The second-order valence-corrected chi connectivity index (χ2v) is 9.98. The molecule has 1 aromatic heterocycles. The minimum Gasteiger partial charge on any atom is -0.452 e. The van der Waals surface area contributed by atoms with Crippen LogP contribution >= 0.6 is 11.6 Å². The Balaban J connectivity index is 2.62. The number of rotatable bonds is 8. The topological polar surface area (TPSA) is 65.7 Å². The molecule has 0 amide bonds. The zero-order valence-electron chi connectivity index (χ0n) is 21.2. The lowest BCUT2D eigenvalue weighted by Crippen LogP contribution is -2.20. The van der Waals surface area contributed by atoms with Gasteiger partial charge in [-0.25, -0.2) is 0 Å². The summed E-state index contributed by atoms with van der Waals surface area (Å²) in [6.45, 7) is 14.0. The number of hydrogen-bond acceptors (Lipinski definition) is 5. The van der Waals surface area contributed by atoms with Crippen molar-refractivity contribution in [3.05, 3.63) is 51.8 Å². The number of benzene rings is 1. The molecule has 1 atom stereocenters. The van der Waals surface area contributed by atoms with Crippen LogP contribution in [-0.4, -0.2) is 35.3 Å². The average Bonchev–Trinajstić information content (AvgIpc) is 2.95. The van der Waals surface area contributed by atoms with Crippen molar-refractivity contribution >= 4 is 35.1 Å². The summed E-state index contributed by atoms with van der Waals surface area (Å²) in [4.78, 5) is 16.5. The van der Waals surface area contributed by atoms with Crippen molar-refractivity contribution in [2.24, 2.45) is 18.0 Å². The number of esters is 1. The molecule has 7 heteroatoms. The zero-order valence-corrected chi connectivity index (χ0v) is 21.9. The highest BCUT2D eigenvalue weighted by Crippen LogP contribution is 2.34. The number of allylic oxidation sites excluding steroid dienone is 1. The summed E-state index contributed by atoms with van der Waals surface area (Å²) in [7, 11) is 3.50. The number of halogens is 1. The maximum absolute atomic E-state index is 12.2. The zero-order chi connectivity index (χ0) is 24.9. The van der Waals surface area contributed by atoms with Gasteiger partial charge < -0.3 is 9.47 Å². The molecule has 0 radical (unpaired) electrons. The van der Waals surface area contributed by atoms with E-state index >= 15 is 0 Å². The van der Waals surface area contributed by atoms with Gasteiger partial charge in [0, 0.05) is 39.2 Å². The number of aliphatic imine (C=N–C) groups is 1. The van der Waals surface area contributed by atoms with Crippen molar-refractivity contribution in [3.63, 3.8) is 0 Å². The first-order chi connectivity index (χ1) is 15.3. The molecular weight excluding hydrogens is 438 g/mol. The minimum absolute atomic E-state index is 0.0299. The summed E-state index contributed by atoms with van der Waals surface area (Å²) < 4.78 is 13.4. The van der Waals surface area contributed by atoms with Crippen LogP contribution in [0.1, 0.15) is 70.5 Å². The van der Waals surface area contributed by atoms with Crippen LogP contribution in [0, 0.1) is 12.8 Å². The van der Waals surface area contributed by atoms with Gasteiger partial charge >= 0.3 is 5.97 Å². The summed E-state index contributed by atoms with van der Waals surface area (Å²) in [5.74, 6) is 0.324. The van der Waals surface area contributed by atoms with E-state index in [0.29, 0.717) is 28.6 Å². The number of ether oxygens (including phenoxy) is 2. The highest BCUT2D eigenvalue weighted by atomic mass is 35.5. The second kappa shape index (κ2) is 11.0. The van der Waals surface area contributed by atoms with E-state index in [-0.39, 0.29) is 17.3 Å². The van der Waals surface area contributed by atoms with Gasteiger partial charge in [0.1, 0.15) is 5.69 Å². The van der Waals surface area contributed by atoms with Gasteiger partial charge in [0.25, 0.3) is 0 Å². The van der Waals surface area contributed by atoms with Crippen molar-refractivity contribution in [1.82, 2.24) is 9.78 Å². The molecule has 1 unspecified atom stereocenters. The average molecular weight is 474 g/mol. The number of aromatic nitrogens is 2. The first-order valence-electron chi connectivity index (χ1n) is 11.2. The summed E-state index contributed by atoms with van der Waals surface area (Å²) in [6.07, 6.45) is 1.21. The van der Waals surface area contributed by atoms with Crippen LogP contribution in [0.25, 0.3) is 11.3 Å². The Bertz CT molecular complexity index is 1030. The van der Waals surface area contributed by atoms with Crippen LogP contribution in [0.3, 0.4) is 0 Å². The van der Waals surface area contributed by atoms with Crippen LogP contribution in [0.2, 0.25) is 5.02 Å². The number of carbonyl (C=O) groups excluding carboxylic acids is 1. The van der Waals surface area contributed by atoms with Crippen LogP contribution in [0.4, 0.5) is 0 Å². The van der Waals surface area contributed by atoms with Crippen LogP contribution in [0.5, 0.6) is 0 Å². The largest absolute Gasteiger partial charge is 0.452 e. The van der Waals surface area contributed by atoms with E-state index in [1.807, 2.05) is 32.9 Å². The Labute approximate surface area is 202 Å². The Morgan fingerprint density at radius 3 is 2.24 bits per heavy atom. The monoisotopic (exact) mass is 473 g/mol. The molecule has 0 bridgehead atoms. The molecule has 6 nitrogen and oxygen atoms in total. The predicted molar refractivity (Wildman–Crippen MR) is 135 cm³/mol. The van der Waals surface area contributed by atoms with E-state index in [0.717, 1.165) is 11.1 Å². The molecule has 0 aliphatic carbocycles. The van der Waals surface area contributed by atoms with Gasteiger partial charge in [0.15, 0.2) is 5.76 Å². The second-order valence-electron chi connectivity index (χ2n) is 9.60. The lowest BCUT2D eigenvalue weighted by Gasteiger charge is -2.22. The Kier molecular flexibility index (Phi) is 8.89. The van der Waals surface area contributed by atoms with Gasteiger partial charge in [-0.2, -0.15) is 5.10 Å². The minimum atomic E-state index is -0.827. The molecule has 0 spiro atoms. The number of hydrogen-bond donors (Lipinski definition) is 0. The number of nitrogens with zero attached hydrogens (tertiary/aromatic N) is 3. The fourth-order valence-corrected chi connectivity index (χ4v) is 3.67. The van der Waals surface area contributed by atoms with E-state index in [2.05, 4.69) is 43.0 Å². The standard InChI is InChI=1S/C26H36ClN3O3/c1-16(2)14-22(31)32-18(4)33-25(24-23(27)17(3)29-30(24)9)21(15-28-8)19-10-12-20(13-11-19)26(5,6)7/h10-13,15-16,18H,14H2,1-9H3/b25-21-,28-15-. The Morgan fingerprint density at radius 1 is 1.18 bits per heavy atom. The molecule has 2 rings (SSSR count). The molecule has 180 valence electrons. The van der Waals surface area contributed by atoms with Gasteiger partial charge in [-0.1, -0.05) is 70.5 Å². The first kappa shape index (κ1) is 26.7. The molecule has 0 aliphatic rings. The third-order valence-electron chi connectivity index (χ3n) is 5.09. The molecule has 0 saturated carbocycles. The van der Waals surface area contributed by atoms with Crippen LogP contribution in [0.15, 0.2) is 29.3 Å². The third-order valence-corrected chi connectivity index (χ3v) is 5.54. The van der Waals surface area contributed by atoms with Crippen molar-refractivity contribution < 1.29 is 14.3 Å². The van der Waals surface area contributed by atoms with Gasteiger partial charge in [-0.05, 0) is 29.4 Å². The number of carbonyl (C=O) groups is 1. The molecular formula is C26H36ClN3O3. The molecule has 33 heavy (non-hydrogen) atoms. The smallest absolute Gasteiger partial charge is 0.309 e. The Morgan fingerprint density at radius 2 is 1.79 bits per heavy atom. The van der Waals surface area contributed by atoms with Crippen LogP contribution in [-0.2, 0) is 26.7 Å². The summed E-state index contributed by atoms with van der Waals surface area (Å²) in [6, 6.07) is 8.26. The third kappa shape index (κ3) is 6.94. The predicted octanol–water partition coefficient (Wildman–Crippen LogP) is 6.20. The molecule has 0 fully saturated rings. The highest BCUT2D eigenvalue weighted by molar-refractivity contribution is 6.33. The van der Waals surface area contributed by atoms with Gasteiger partial charge in [-0.3, -0.25) is 14.5 Å². The van der Waals surface area contributed by atoms with E-state index in [9.17, 15) is 4.79 Å². The van der Waals surface area contributed by atoms with E-state index in [1.54, 1.807) is 31.9 Å². The van der Waals surface area contributed by atoms with Crippen molar-refractivity contribution in [1.29, 1.82) is 0 Å². The van der Waals surface area contributed by atoms with Crippen molar-refractivity contribution in [3.8, 4) is 0 Å². The first-order valence-corrected chi connectivity index (χ1v) is 11.6. The van der Waals surface area contributed by atoms with E-state index < -0.39 is 6.29 Å². The molecule has 1 heterocycles. The summed E-state index contributed by atoms with van der Waals surface area (Å²) in [5, 5.41) is 4.91. The van der Waals surface area contributed by atoms with Gasteiger partial charge in [0.2, 0.25) is 6.29 Å². The molecule has 0 saturated heterocycles. The maximum atomic E-state index is 12.2. The van der Waals surface area contributed by atoms with E-state index in [4.69, 9.17) is 21.1 Å². The van der Waals surface area contributed by atoms with Gasteiger partial charge in [0.05, 0.1) is 10.7 Å². The lowest BCUT2D eigenvalue weighted by molar-refractivity contribution is -0.164. The van der Waals surface area contributed by atoms with Crippen molar-refractivity contribution in [2.75, 3.05) is 7.05 Å². The summed E-state index contributed by atoms with van der Waals surface area (Å²) >= 11 is 6.63. The highest BCUT2D eigenvalue weighted by Gasteiger charge is 2.25. The lowest BCUT2D eigenvalue weighted by atomic mass is 9.86. The maximum Gasteiger partial charge on any atom is 0.309 e. The Hall–Kier alpha value is -2.60. The molecule has 0 aliphatic heterocycles.